The predicted octanol–water partition coefficient (Wildman–Crippen LogP) is 6.71. The average Bonchev–Trinajstić information content (AvgIpc) is 2.97. The highest BCUT2D eigenvalue weighted by Gasteiger charge is 2.31. The number of hydrogen-bond donors (Lipinski definition) is 3. The summed E-state index contributed by atoms with van der Waals surface area (Å²) in [6, 6.07) is 19.5. The fourth-order valence-corrected chi connectivity index (χ4v) is 4.77. The molecule has 0 fully saturated rings. The van der Waals surface area contributed by atoms with E-state index in [2.05, 4.69) is 21.4 Å². The summed E-state index contributed by atoms with van der Waals surface area (Å²) in [6.07, 6.45) is 1.91. The molecular formula is C32H31F3N2O5. The van der Waals surface area contributed by atoms with E-state index in [1.807, 2.05) is 24.3 Å². The number of carbonyl (C=O) groups is 3. The molecule has 0 heterocycles. The number of carboxylic acids is 1. The van der Waals surface area contributed by atoms with E-state index in [1.165, 1.54) is 24.1 Å². The summed E-state index contributed by atoms with van der Waals surface area (Å²) in [5.41, 5.74) is 4.61. The zero-order valence-electron chi connectivity index (χ0n) is 22.7. The smallest absolute Gasteiger partial charge is 0.481 e. The van der Waals surface area contributed by atoms with Crippen LogP contribution in [0.3, 0.4) is 0 Å². The Morgan fingerprint density at radius 2 is 1.60 bits per heavy atom. The van der Waals surface area contributed by atoms with Crippen molar-refractivity contribution in [2.24, 2.45) is 0 Å². The van der Waals surface area contributed by atoms with Gasteiger partial charge < -0.3 is 20.5 Å². The molecule has 2 amide bonds. The van der Waals surface area contributed by atoms with Crippen molar-refractivity contribution in [2.75, 3.05) is 11.9 Å². The molecule has 220 valence electrons. The molecule has 0 bridgehead atoms. The third kappa shape index (κ3) is 8.95. The minimum atomic E-state index is -4.82. The predicted molar refractivity (Wildman–Crippen MR) is 152 cm³/mol. The second kappa shape index (κ2) is 13.8. The van der Waals surface area contributed by atoms with E-state index >= 15 is 0 Å². The number of anilines is 1. The number of allylic oxidation sites excluding steroid dienone is 2. The maximum absolute atomic E-state index is 13.5. The van der Waals surface area contributed by atoms with Crippen LogP contribution < -0.4 is 15.4 Å². The number of amides is 2. The molecule has 0 radical (unpaired) electrons. The Morgan fingerprint density at radius 3 is 2.19 bits per heavy atom. The van der Waals surface area contributed by atoms with Gasteiger partial charge in [0.25, 0.3) is 5.91 Å². The Labute approximate surface area is 241 Å². The van der Waals surface area contributed by atoms with Gasteiger partial charge in [-0.2, -0.15) is 0 Å². The molecule has 0 saturated carbocycles. The molecule has 7 nitrogen and oxygen atoms in total. The lowest BCUT2D eigenvalue weighted by Crippen LogP contribution is -2.26. The van der Waals surface area contributed by atoms with Crippen LogP contribution in [0.5, 0.6) is 5.75 Å². The number of aliphatic carboxylic acids is 1. The molecule has 1 aliphatic carbocycles. The third-order valence-electron chi connectivity index (χ3n) is 6.93. The topological polar surface area (TPSA) is 105 Å². The Balaban J connectivity index is 1.52. The first-order valence-corrected chi connectivity index (χ1v) is 13.6. The largest absolute Gasteiger partial charge is 0.573 e. The summed E-state index contributed by atoms with van der Waals surface area (Å²) in [5, 5.41) is 14.1. The van der Waals surface area contributed by atoms with Gasteiger partial charge in [-0.25, -0.2) is 0 Å². The number of halogens is 3. The van der Waals surface area contributed by atoms with Crippen LogP contribution in [0.25, 0.3) is 5.57 Å². The molecule has 4 rings (SSSR count). The van der Waals surface area contributed by atoms with Crippen LogP contribution in [-0.4, -0.2) is 35.8 Å². The highest BCUT2D eigenvalue weighted by atomic mass is 19.4. The first kappa shape index (κ1) is 30.4. The normalized spacial score (nSPS) is 13.9. The Hall–Kier alpha value is -4.60. The van der Waals surface area contributed by atoms with Crippen molar-refractivity contribution in [3.63, 3.8) is 0 Å². The van der Waals surface area contributed by atoms with Gasteiger partial charge >= 0.3 is 12.3 Å². The van der Waals surface area contributed by atoms with E-state index in [-0.39, 0.29) is 18.9 Å². The number of ether oxygens (including phenoxy) is 1. The van der Waals surface area contributed by atoms with E-state index in [0.29, 0.717) is 17.7 Å². The highest BCUT2D eigenvalue weighted by molar-refractivity contribution is 5.96. The van der Waals surface area contributed by atoms with Crippen molar-refractivity contribution in [3.8, 4) is 5.75 Å². The first-order valence-electron chi connectivity index (χ1n) is 13.6. The van der Waals surface area contributed by atoms with Crippen LogP contribution in [0, 0.1) is 0 Å². The number of alkyl halides is 3. The van der Waals surface area contributed by atoms with Gasteiger partial charge in [-0.05, 0) is 90.8 Å². The monoisotopic (exact) mass is 580 g/mol. The lowest BCUT2D eigenvalue weighted by atomic mass is 9.88. The third-order valence-corrected chi connectivity index (χ3v) is 6.93. The molecule has 3 N–H and O–H groups in total. The number of hydrogen-bond acceptors (Lipinski definition) is 4. The fraction of sp³-hybridized carbons (Fsp3) is 0.281. The molecule has 10 heteroatoms. The maximum atomic E-state index is 13.5. The van der Waals surface area contributed by atoms with Gasteiger partial charge in [0, 0.05) is 17.8 Å². The van der Waals surface area contributed by atoms with Crippen molar-refractivity contribution < 1.29 is 37.4 Å². The van der Waals surface area contributed by atoms with Gasteiger partial charge in [-0.15, -0.1) is 13.2 Å². The molecule has 1 atom stereocenters. The lowest BCUT2D eigenvalue weighted by molar-refractivity contribution is -0.274. The van der Waals surface area contributed by atoms with Gasteiger partial charge in [-0.3, -0.25) is 14.4 Å². The maximum Gasteiger partial charge on any atom is 0.573 e. The molecule has 3 aromatic rings. The number of carboxylic acid groups (broad SMARTS) is 1. The SMILES string of the molecule is O=C(O)CCNC(=O)c1ccc(CC(C(=O)Nc2ccc(OC(F)(F)F)cc2)c2ccc(C3=CCCCC3)cc2)cc1. The Bertz CT molecular complexity index is 1420. The number of rotatable bonds is 11. The summed E-state index contributed by atoms with van der Waals surface area (Å²) < 4.78 is 41.4. The second-order valence-electron chi connectivity index (χ2n) is 10.0. The lowest BCUT2D eigenvalue weighted by Gasteiger charge is -2.19. The standard InChI is InChI=1S/C32H31F3N2O5/c33-32(34,35)42-27-16-14-26(15-17-27)37-31(41)28(24-12-10-23(11-13-24)22-4-2-1-3-5-22)20-21-6-8-25(9-7-21)30(40)36-19-18-29(38)39/h4,6-17,28H,1-3,5,18-20H2,(H,36,40)(H,37,41)(H,38,39). The molecule has 1 aliphatic rings. The zero-order valence-corrected chi connectivity index (χ0v) is 22.7. The van der Waals surface area contributed by atoms with Gasteiger partial charge in [0.1, 0.15) is 5.75 Å². The van der Waals surface area contributed by atoms with E-state index < -0.39 is 29.9 Å². The molecule has 3 aromatic carbocycles. The summed E-state index contributed by atoms with van der Waals surface area (Å²) in [6.45, 7) is 0.00830. The summed E-state index contributed by atoms with van der Waals surface area (Å²) in [5.74, 6) is -2.79. The highest BCUT2D eigenvalue weighted by Crippen LogP contribution is 2.30. The quantitative estimate of drug-likeness (QED) is 0.234. The van der Waals surface area contributed by atoms with E-state index in [9.17, 15) is 27.6 Å². The second-order valence-corrected chi connectivity index (χ2v) is 10.0. The van der Waals surface area contributed by atoms with Crippen molar-refractivity contribution in [1.82, 2.24) is 5.32 Å². The van der Waals surface area contributed by atoms with Crippen LogP contribution in [0.15, 0.2) is 78.9 Å². The minimum Gasteiger partial charge on any atom is -0.481 e. The van der Waals surface area contributed by atoms with Gasteiger partial charge in [0.15, 0.2) is 0 Å². The molecule has 0 aliphatic heterocycles. The van der Waals surface area contributed by atoms with Crippen LogP contribution >= 0.6 is 0 Å². The number of nitrogens with one attached hydrogen (secondary N) is 2. The van der Waals surface area contributed by atoms with E-state index in [0.717, 1.165) is 48.1 Å². The van der Waals surface area contributed by atoms with E-state index in [4.69, 9.17) is 5.11 Å². The van der Waals surface area contributed by atoms with Crippen LogP contribution in [0.2, 0.25) is 0 Å². The molecule has 42 heavy (non-hydrogen) atoms. The van der Waals surface area contributed by atoms with Crippen LogP contribution in [0.1, 0.15) is 65.1 Å². The summed E-state index contributed by atoms with van der Waals surface area (Å²) >= 11 is 0. The van der Waals surface area contributed by atoms with E-state index in [1.54, 1.807) is 24.3 Å². The Morgan fingerprint density at radius 1 is 0.905 bits per heavy atom. The molecule has 1 unspecified atom stereocenters. The van der Waals surface area contributed by atoms with Crippen molar-refractivity contribution in [1.29, 1.82) is 0 Å². The van der Waals surface area contributed by atoms with Gasteiger partial charge in [-0.1, -0.05) is 42.5 Å². The molecule has 0 spiro atoms. The average molecular weight is 581 g/mol. The van der Waals surface area contributed by atoms with Crippen molar-refractivity contribution >= 4 is 29.0 Å². The fourth-order valence-electron chi connectivity index (χ4n) is 4.77. The number of carbonyl (C=O) groups excluding carboxylic acids is 2. The van der Waals surface area contributed by atoms with Crippen LogP contribution in [0.4, 0.5) is 18.9 Å². The number of benzene rings is 3. The molecule has 0 saturated heterocycles. The van der Waals surface area contributed by atoms with Crippen molar-refractivity contribution in [3.05, 3.63) is 101 Å². The van der Waals surface area contributed by atoms with Gasteiger partial charge in [0.05, 0.1) is 12.3 Å². The molecule has 0 aromatic heterocycles. The summed E-state index contributed by atoms with van der Waals surface area (Å²) in [4.78, 5) is 36.5. The van der Waals surface area contributed by atoms with Gasteiger partial charge in [0.2, 0.25) is 5.91 Å². The van der Waals surface area contributed by atoms with Crippen molar-refractivity contribution in [2.45, 2.75) is 50.8 Å². The molecular weight excluding hydrogens is 549 g/mol. The first-order chi connectivity index (χ1) is 20.1. The zero-order chi connectivity index (χ0) is 30.1. The Kier molecular flexibility index (Phi) is 10.0. The summed E-state index contributed by atoms with van der Waals surface area (Å²) in [7, 11) is 0. The van der Waals surface area contributed by atoms with Crippen LogP contribution in [-0.2, 0) is 16.0 Å². The minimum absolute atomic E-state index is 0.00830.